The summed E-state index contributed by atoms with van der Waals surface area (Å²) < 4.78 is 42.2. The molecule has 2 aromatic carbocycles. The van der Waals surface area contributed by atoms with Gasteiger partial charge in [0.05, 0.1) is 11.6 Å². The minimum atomic E-state index is -3.80. The Morgan fingerprint density at radius 3 is 2.75 bits per heavy atom. The lowest BCUT2D eigenvalue weighted by molar-refractivity contribution is 0.271. The number of fused-ring (bicyclic) bond motifs is 1. The summed E-state index contributed by atoms with van der Waals surface area (Å²) in [6.07, 6.45) is 1.67. The van der Waals surface area contributed by atoms with Crippen LogP contribution < -0.4 is 5.32 Å². The van der Waals surface area contributed by atoms with Crippen molar-refractivity contribution >= 4 is 33.3 Å². The molecule has 0 radical (unpaired) electrons. The monoisotopic (exact) mass is 421 g/mol. The Morgan fingerprint density at radius 2 is 1.96 bits per heavy atom. The molecule has 0 saturated carbocycles. The van der Waals surface area contributed by atoms with E-state index in [-0.39, 0.29) is 23.1 Å². The number of sulfonamides is 1. The highest BCUT2D eigenvalue weighted by atomic mass is 35.5. The second kappa shape index (κ2) is 8.13. The van der Waals surface area contributed by atoms with Crippen molar-refractivity contribution < 1.29 is 12.8 Å². The van der Waals surface area contributed by atoms with Crippen molar-refractivity contribution in [2.24, 2.45) is 0 Å². The molecule has 8 heteroatoms. The molecule has 0 bridgehead atoms. The fourth-order valence-corrected chi connectivity index (χ4v) is 5.33. The minimum Gasteiger partial charge on any atom is -0.313 e. The maximum Gasteiger partial charge on any atom is 0.245 e. The van der Waals surface area contributed by atoms with Gasteiger partial charge in [-0.15, -0.1) is 12.4 Å². The van der Waals surface area contributed by atoms with Crippen molar-refractivity contribution in [2.75, 3.05) is 19.6 Å². The van der Waals surface area contributed by atoms with Crippen LogP contribution in [0.25, 0.3) is 10.9 Å². The molecule has 0 aliphatic carbocycles. The highest BCUT2D eigenvalue weighted by Crippen LogP contribution is 2.32. The normalized spacial score (nSPS) is 18.0. The first kappa shape index (κ1) is 20.7. The number of nitrogens with one attached hydrogen (secondary N) is 1. The van der Waals surface area contributed by atoms with Crippen molar-refractivity contribution in [1.82, 2.24) is 14.6 Å². The Labute approximate surface area is 170 Å². The molecule has 1 aliphatic heterocycles. The third kappa shape index (κ3) is 3.75. The van der Waals surface area contributed by atoms with E-state index in [4.69, 9.17) is 0 Å². The summed E-state index contributed by atoms with van der Waals surface area (Å²) in [7, 11) is -3.80. The van der Waals surface area contributed by atoms with E-state index >= 15 is 0 Å². The number of rotatable bonds is 3. The quantitative estimate of drug-likeness (QED) is 0.703. The van der Waals surface area contributed by atoms with E-state index in [0.29, 0.717) is 30.7 Å². The third-order valence-electron chi connectivity index (χ3n) is 4.83. The van der Waals surface area contributed by atoms with Crippen molar-refractivity contribution in [3.8, 4) is 0 Å². The standard InChI is InChI=1S/C20H20FN3O2S.ClH/c1-14-10-16-5-3-7-19(20(16)23-12-14)27(25,26)24-9-8-22-13-18(24)15-4-2-6-17(21)11-15;/h2-7,10-12,18,22H,8-9,13H2,1H3;1H. The van der Waals surface area contributed by atoms with Gasteiger partial charge in [-0.1, -0.05) is 24.3 Å². The van der Waals surface area contributed by atoms with Crippen LogP contribution in [0.4, 0.5) is 4.39 Å². The Hall–Kier alpha value is -2.06. The maximum atomic E-state index is 13.7. The highest BCUT2D eigenvalue weighted by Gasteiger charge is 2.35. The van der Waals surface area contributed by atoms with Gasteiger partial charge in [-0.2, -0.15) is 4.31 Å². The van der Waals surface area contributed by atoms with Crippen LogP contribution in [0, 0.1) is 12.7 Å². The van der Waals surface area contributed by atoms with Crippen LogP contribution in [0.15, 0.2) is 59.6 Å². The zero-order chi connectivity index (χ0) is 19.0. The first-order chi connectivity index (χ1) is 13.0. The highest BCUT2D eigenvalue weighted by molar-refractivity contribution is 7.89. The Morgan fingerprint density at radius 1 is 1.18 bits per heavy atom. The molecule has 1 N–H and O–H groups in total. The molecule has 1 atom stereocenters. The van der Waals surface area contributed by atoms with Gasteiger partial charge in [0.25, 0.3) is 0 Å². The van der Waals surface area contributed by atoms with Gasteiger partial charge in [0.2, 0.25) is 10.0 Å². The molecule has 28 heavy (non-hydrogen) atoms. The van der Waals surface area contributed by atoms with Crippen LogP contribution in [0.1, 0.15) is 17.2 Å². The molecule has 1 saturated heterocycles. The predicted molar refractivity (Wildman–Crippen MR) is 110 cm³/mol. The average Bonchev–Trinajstić information content (AvgIpc) is 2.67. The van der Waals surface area contributed by atoms with Gasteiger partial charge in [-0.3, -0.25) is 4.98 Å². The van der Waals surface area contributed by atoms with Crippen LogP contribution in [0.5, 0.6) is 0 Å². The van der Waals surface area contributed by atoms with E-state index in [1.165, 1.54) is 16.4 Å². The van der Waals surface area contributed by atoms with Gasteiger partial charge in [-0.05, 0) is 42.3 Å². The lowest BCUT2D eigenvalue weighted by atomic mass is 10.1. The first-order valence-electron chi connectivity index (χ1n) is 8.80. The molecule has 148 valence electrons. The van der Waals surface area contributed by atoms with Crippen LogP contribution >= 0.6 is 12.4 Å². The molecular formula is C20H21ClFN3O2S. The van der Waals surface area contributed by atoms with E-state index in [9.17, 15) is 12.8 Å². The van der Waals surface area contributed by atoms with Crippen LogP contribution in [-0.4, -0.2) is 37.3 Å². The summed E-state index contributed by atoms with van der Waals surface area (Å²) in [5.41, 5.74) is 2.06. The summed E-state index contributed by atoms with van der Waals surface area (Å²) in [5, 5.41) is 3.99. The molecule has 1 unspecified atom stereocenters. The van der Waals surface area contributed by atoms with E-state index in [1.807, 2.05) is 19.1 Å². The Bertz CT molecular complexity index is 1110. The number of benzene rings is 2. The SMILES string of the molecule is Cc1cnc2c(S(=O)(=O)N3CCNCC3c3cccc(F)c3)cccc2c1.Cl. The number of para-hydroxylation sites is 1. The third-order valence-corrected chi connectivity index (χ3v) is 6.76. The second-order valence-electron chi connectivity index (χ2n) is 6.73. The van der Waals surface area contributed by atoms with Crippen molar-refractivity contribution in [2.45, 2.75) is 17.9 Å². The summed E-state index contributed by atoms with van der Waals surface area (Å²) >= 11 is 0. The van der Waals surface area contributed by atoms with Crippen molar-refractivity contribution in [1.29, 1.82) is 0 Å². The second-order valence-corrected chi connectivity index (χ2v) is 8.59. The largest absolute Gasteiger partial charge is 0.313 e. The van der Waals surface area contributed by atoms with Gasteiger partial charge in [0.15, 0.2) is 0 Å². The van der Waals surface area contributed by atoms with Crippen LogP contribution in [0.3, 0.4) is 0 Å². The molecule has 5 nitrogen and oxygen atoms in total. The summed E-state index contributed by atoms with van der Waals surface area (Å²) in [6.45, 7) is 3.21. The fraction of sp³-hybridized carbons (Fsp3) is 0.250. The Kier molecular flexibility index (Phi) is 6.00. The predicted octanol–water partition coefficient (Wildman–Crippen LogP) is 3.44. The topological polar surface area (TPSA) is 62.3 Å². The maximum absolute atomic E-state index is 13.7. The number of hydrogen-bond acceptors (Lipinski definition) is 4. The van der Waals surface area contributed by atoms with E-state index in [0.717, 1.165) is 10.9 Å². The number of halogens is 2. The molecular weight excluding hydrogens is 401 g/mol. The van der Waals surface area contributed by atoms with E-state index < -0.39 is 16.1 Å². The van der Waals surface area contributed by atoms with Gasteiger partial charge in [-0.25, -0.2) is 12.8 Å². The molecule has 1 aromatic heterocycles. The van der Waals surface area contributed by atoms with Crippen molar-refractivity contribution in [3.63, 3.8) is 0 Å². The summed E-state index contributed by atoms with van der Waals surface area (Å²) in [6, 6.07) is 12.7. The number of nitrogens with zero attached hydrogens (tertiary/aromatic N) is 2. The minimum absolute atomic E-state index is 0. The molecule has 0 spiro atoms. The van der Waals surface area contributed by atoms with Crippen molar-refractivity contribution in [3.05, 3.63) is 71.7 Å². The van der Waals surface area contributed by atoms with Gasteiger partial charge >= 0.3 is 0 Å². The summed E-state index contributed by atoms with van der Waals surface area (Å²) in [5.74, 6) is -0.377. The first-order valence-corrected chi connectivity index (χ1v) is 10.2. The number of aromatic nitrogens is 1. The summed E-state index contributed by atoms with van der Waals surface area (Å²) in [4.78, 5) is 4.56. The van der Waals surface area contributed by atoms with Crippen LogP contribution in [-0.2, 0) is 10.0 Å². The Balaban J connectivity index is 0.00000225. The van der Waals surface area contributed by atoms with E-state index in [1.54, 1.807) is 30.5 Å². The molecule has 2 heterocycles. The van der Waals surface area contributed by atoms with E-state index in [2.05, 4.69) is 10.3 Å². The molecule has 0 amide bonds. The number of pyridine rings is 1. The fourth-order valence-electron chi connectivity index (χ4n) is 3.55. The lowest BCUT2D eigenvalue weighted by Gasteiger charge is -2.35. The molecule has 1 aliphatic rings. The molecule has 3 aromatic rings. The zero-order valence-electron chi connectivity index (χ0n) is 15.3. The molecule has 4 rings (SSSR count). The van der Waals surface area contributed by atoms with Gasteiger partial charge in [0.1, 0.15) is 10.7 Å². The number of piperazine rings is 1. The van der Waals surface area contributed by atoms with Gasteiger partial charge < -0.3 is 5.32 Å². The number of hydrogen-bond donors (Lipinski definition) is 1. The van der Waals surface area contributed by atoms with Crippen LogP contribution in [0.2, 0.25) is 0 Å². The smallest absolute Gasteiger partial charge is 0.245 e. The molecule has 1 fully saturated rings. The lowest BCUT2D eigenvalue weighted by Crippen LogP contribution is -2.48. The average molecular weight is 422 g/mol. The number of aryl methyl sites for hydroxylation is 1. The zero-order valence-corrected chi connectivity index (χ0v) is 16.9. The van der Waals surface area contributed by atoms with Gasteiger partial charge in [0, 0.05) is 31.2 Å².